The Hall–Kier alpha value is -4.21. The van der Waals surface area contributed by atoms with Gasteiger partial charge in [-0.25, -0.2) is 15.3 Å². The lowest BCUT2D eigenvalue weighted by molar-refractivity contribution is -0.121. The minimum absolute atomic E-state index is 0.0169. The van der Waals surface area contributed by atoms with E-state index in [0.29, 0.717) is 23.7 Å². The van der Waals surface area contributed by atoms with Crippen molar-refractivity contribution in [2.75, 3.05) is 13.7 Å². The van der Waals surface area contributed by atoms with Crippen molar-refractivity contribution in [2.24, 2.45) is 5.10 Å². The zero-order valence-corrected chi connectivity index (χ0v) is 17.5. The van der Waals surface area contributed by atoms with Crippen molar-refractivity contribution in [3.8, 4) is 11.5 Å². The standard InChI is InChI=1S/C22H23N5O5/c1-31-19-13-16(7-9-18(19)32-12-11-15-5-3-2-4-6-15)14-23-26-20(28)10-8-17-21(29)24-22(30)27-25-17/h2-7,9,13-14H,8,10-12H2,1H3,(H,26,28)(H2,24,27,29,30). The van der Waals surface area contributed by atoms with Gasteiger partial charge in [-0.2, -0.15) is 10.2 Å². The number of nitrogens with one attached hydrogen (secondary N) is 3. The number of carbonyl (C=O) groups is 1. The molecule has 10 heteroatoms. The molecule has 32 heavy (non-hydrogen) atoms. The molecule has 0 spiro atoms. The van der Waals surface area contributed by atoms with Crippen LogP contribution in [0.3, 0.4) is 0 Å². The molecule has 3 aromatic rings. The molecule has 0 atom stereocenters. The number of hydrogen-bond donors (Lipinski definition) is 3. The second-order valence-electron chi connectivity index (χ2n) is 6.74. The van der Waals surface area contributed by atoms with Gasteiger partial charge >= 0.3 is 5.69 Å². The third-order valence-corrected chi connectivity index (χ3v) is 4.45. The van der Waals surface area contributed by atoms with Gasteiger partial charge in [-0.1, -0.05) is 30.3 Å². The summed E-state index contributed by atoms with van der Waals surface area (Å²) >= 11 is 0. The maximum atomic E-state index is 11.9. The highest BCUT2D eigenvalue weighted by Gasteiger charge is 2.07. The lowest BCUT2D eigenvalue weighted by Gasteiger charge is -2.11. The minimum atomic E-state index is -0.698. The van der Waals surface area contributed by atoms with Gasteiger partial charge in [0, 0.05) is 19.3 Å². The monoisotopic (exact) mass is 437 g/mol. The minimum Gasteiger partial charge on any atom is -0.493 e. The van der Waals surface area contributed by atoms with Crippen LogP contribution in [0, 0.1) is 0 Å². The maximum Gasteiger partial charge on any atom is 0.342 e. The fourth-order valence-electron chi connectivity index (χ4n) is 2.82. The van der Waals surface area contributed by atoms with Gasteiger partial charge in [0.2, 0.25) is 5.91 Å². The average Bonchev–Trinajstić information content (AvgIpc) is 2.80. The number of ether oxygens (including phenoxy) is 2. The van der Waals surface area contributed by atoms with Crippen LogP contribution >= 0.6 is 0 Å². The fourth-order valence-corrected chi connectivity index (χ4v) is 2.82. The Labute approximate surface area is 183 Å². The van der Waals surface area contributed by atoms with Gasteiger partial charge in [0.25, 0.3) is 5.56 Å². The van der Waals surface area contributed by atoms with E-state index in [0.717, 1.165) is 6.42 Å². The summed E-state index contributed by atoms with van der Waals surface area (Å²) in [4.78, 5) is 36.5. The number of hydrazone groups is 1. The number of nitrogens with zero attached hydrogens (tertiary/aromatic N) is 2. The lowest BCUT2D eigenvalue weighted by Crippen LogP contribution is -2.28. The van der Waals surface area contributed by atoms with Gasteiger partial charge in [0.15, 0.2) is 11.5 Å². The fraction of sp³-hybridized carbons (Fsp3) is 0.227. The van der Waals surface area contributed by atoms with Crippen molar-refractivity contribution in [2.45, 2.75) is 19.3 Å². The van der Waals surface area contributed by atoms with E-state index in [2.05, 4.69) is 25.7 Å². The number of methoxy groups -OCH3 is 1. The zero-order valence-electron chi connectivity index (χ0n) is 17.5. The van der Waals surface area contributed by atoms with Crippen LogP contribution in [0.1, 0.15) is 23.2 Å². The molecular formula is C22H23N5O5. The van der Waals surface area contributed by atoms with E-state index in [-0.39, 0.29) is 18.5 Å². The molecule has 166 valence electrons. The van der Waals surface area contributed by atoms with Crippen molar-refractivity contribution >= 4 is 12.1 Å². The molecule has 0 fully saturated rings. The van der Waals surface area contributed by atoms with Crippen LogP contribution in [0.4, 0.5) is 0 Å². The summed E-state index contributed by atoms with van der Waals surface area (Å²) in [5.74, 6) is 0.765. The molecule has 10 nitrogen and oxygen atoms in total. The number of carbonyl (C=O) groups excluding carboxylic acids is 1. The summed E-state index contributed by atoms with van der Waals surface area (Å²) in [6.45, 7) is 0.511. The molecule has 0 aliphatic rings. The number of amides is 1. The van der Waals surface area contributed by atoms with Crippen LogP contribution in [0.25, 0.3) is 0 Å². The van der Waals surface area contributed by atoms with E-state index >= 15 is 0 Å². The largest absolute Gasteiger partial charge is 0.493 e. The quantitative estimate of drug-likeness (QED) is 0.321. The second kappa shape index (κ2) is 11.3. The molecular weight excluding hydrogens is 414 g/mol. The predicted molar refractivity (Wildman–Crippen MR) is 118 cm³/mol. The molecule has 0 saturated carbocycles. The first-order chi connectivity index (χ1) is 15.5. The Morgan fingerprint density at radius 3 is 2.69 bits per heavy atom. The Kier molecular flexibility index (Phi) is 7.90. The molecule has 0 radical (unpaired) electrons. The van der Waals surface area contributed by atoms with Crippen LogP contribution in [0.15, 0.2) is 63.2 Å². The number of hydrogen-bond acceptors (Lipinski definition) is 7. The third-order valence-electron chi connectivity index (χ3n) is 4.45. The van der Waals surface area contributed by atoms with Gasteiger partial charge < -0.3 is 9.47 Å². The normalized spacial score (nSPS) is 10.8. The molecule has 1 heterocycles. The molecule has 1 amide bonds. The summed E-state index contributed by atoms with van der Waals surface area (Å²) in [6.07, 6.45) is 2.30. The van der Waals surface area contributed by atoms with E-state index in [4.69, 9.17) is 9.47 Å². The van der Waals surface area contributed by atoms with Gasteiger partial charge in [-0.05, 0) is 29.3 Å². The summed E-state index contributed by atoms with van der Waals surface area (Å²) in [6, 6.07) is 15.4. The number of H-pyrrole nitrogens is 2. The first-order valence-corrected chi connectivity index (χ1v) is 9.89. The highest BCUT2D eigenvalue weighted by atomic mass is 16.5. The van der Waals surface area contributed by atoms with Gasteiger partial charge in [-0.3, -0.25) is 14.6 Å². The van der Waals surface area contributed by atoms with Crippen molar-refractivity contribution in [3.05, 3.63) is 86.2 Å². The first kappa shape index (κ1) is 22.5. The van der Waals surface area contributed by atoms with E-state index in [9.17, 15) is 14.4 Å². The summed E-state index contributed by atoms with van der Waals surface area (Å²) in [5, 5.41) is 9.65. The van der Waals surface area contributed by atoms with E-state index in [1.54, 1.807) is 25.3 Å². The van der Waals surface area contributed by atoms with Gasteiger partial charge in [0.1, 0.15) is 5.69 Å². The van der Waals surface area contributed by atoms with Gasteiger partial charge in [-0.15, -0.1) is 0 Å². The number of aryl methyl sites for hydroxylation is 1. The maximum absolute atomic E-state index is 11.9. The first-order valence-electron chi connectivity index (χ1n) is 9.89. The predicted octanol–water partition coefficient (Wildman–Crippen LogP) is 1.17. The smallest absolute Gasteiger partial charge is 0.342 e. The molecule has 3 N–H and O–H groups in total. The van der Waals surface area contributed by atoms with Crippen LogP contribution < -0.4 is 26.1 Å². The number of aromatic nitrogens is 3. The van der Waals surface area contributed by atoms with E-state index in [1.807, 2.05) is 30.3 Å². The molecule has 2 aromatic carbocycles. The van der Waals surface area contributed by atoms with Crippen LogP contribution in [0.5, 0.6) is 11.5 Å². The molecule has 0 bridgehead atoms. The Bertz CT molecular complexity index is 1190. The van der Waals surface area contributed by atoms with Crippen molar-refractivity contribution in [1.29, 1.82) is 0 Å². The Balaban J connectivity index is 1.49. The molecule has 3 rings (SSSR count). The summed E-state index contributed by atoms with van der Waals surface area (Å²) in [7, 11) is 1.55. The number of aromatic amines is 2. The Morgan fingerprint density at radius 1 is 1.12 bits per heavy atom. The highest BCUT2D eigenvalue weighted by Crippen LogP contribution is 2.27. The van der Waals surface area contributed by atoms with Crippen molar-refractivity contribution in [1.82, 2.24) is 20.6 Å². The summed E-state index contributed by atoms with van der Waals surface area (Å²) < 4.78 is 11.2. The third kappa shape index (κ3) is 6.66. The summed E-state index contributed by atoms with van der Waals surface area (Å²) in [5.41, 5.74) is 3.02. The average molecular weight is 437 g/mol. The zero-order chi connectivity index (χ0) is 22.8. The van der Waals surface area contributed by atoms with Crippen molar-refractivity contribution in [3.63, 3.8) is 0 Å². The second-order valence-corrected chi connectivity index (χ2v) is 6.74. The SMILES string of the molecule is COc1cc(C=NNC(=O)CCc2n[nH]c(=O)[nH]c2=O)ccc1OCCc1ccccc1. The van der Waals surface area contributed by atoms with Crippen LogP contribution in [0.2, 0.25) is 0 Å². The topological polar surface area (TPSA) is 139 Å². The van der Waals surface area contributed by atoms with E-state index in [1.165, 1.54) is 11.8 Å². The highest BCUT2D eigenvalue weighted by molar-refractivity contribution is 5.83. The molecule has 0 saturated heterocycles. The van der Waals surface area contributed by atoms with Gasteiger partial charge in [0.05, 0.1) is 19.9 Å². The molecule has 0 aliphatic carbocycles. The van der Waals surface area contributed by atoms with Crippen LogP contribution in [-0.2, 0) is 17.6 Å². The Morgan fingerprint density at radius 2 is 1.94 bits per heavy atom. The molecule has 1 aromatic heterocycles. The van der Waals surface area contributed by atoms with Crippen molar-refractivity contribution < 1.29 is 14.3 Å². The number of benzene rings is 2. The molecule has 0 aliphatic heterocycles. The van der Waals surface area contributed by atoms with Crippen LogP contribution in [-0.4, -0.2) is 41.0 Å². The van der Waals surface area contributed by atoms with E-state index < -0.39 is 17.2 Å². The number of rotatable bonds is 10. The lowest BCUT2D eigenvalue weighted by atomic mass is 10.2. The molecule has 0 unspecified atom stereocenters.